The van der Waals surface area contributed by atoms with E-state index >= 15 is 0 Å². The van der Waals surface area contributed by atoms with Gasteiger partial charge in [-0.1, -0.05) is 56.5 Å². The summed E-state index contributed by atoms with van der Waals surface area (Å²) < 4.78 is 0. The molecule has 1 aromatic carbocycles. The van der Waals surface area contributed by atoms with Crippen molar-refractivity contribution in [1.82, 2.24) is 0 Å². The molecule has 0 spiro atoms. The van der Waals surface area contributed by atoms with Gasteiger partial charge in [-0.2, -0.15) is 0 Å². The van der Waals surface area contributed by atoms with Crippen molar-refractivity contribution in [2.75, 3.05) is 0 Å². The van der Waals surface area contributed by atoms with Gasteiger partial charge in [0.1, 0.15) is 6.10 Å². The fourth-order valence-corrected chi connectivity index (χ4v) is 1.53. The lowest BCUT2D eigenvalue weighted by molar-refractivity contribution is -0.283. The highest BCUT2D eigenvalue weighted by atomic mass is 17.1. The maximum Gasteiger partial charge on any atom is 0.118 e. The molecule has 0 radical (unpaired) electrons. The van der Waals surface area contributed by atoms with Gasteiger partial charge in [-0.3, -0.25) is 5.26 Å². The third kappa shape index (κ3) is 3.48. The summed E-state index contributed by atoms with van der Waals surface area (Å²) in [6.45, 7) is 2.16. The number of hydrogen-bond acceptors (Lipinski definition) is 2. The minimum absolute atomic E-state index is 0.164. The standard InChI is InChI=1S/C12H18O2/c1-2-3-5-10-12(14-13)11-8-6-4-7-9-11/h4,6-9,12-13H,2-3,5,10H2,1H3/t12-/m0/s1. The minimum Gasteiger partial charge on any atom is -0.251 e. The van der Waals surface area contributed by atoms with Gasteiger partial charge in [-0.05, 0) is 12.0 Å². The number of rotatable bonds is 6. The lowest BCUT2D eigenvalue weighted by atomic mass is 10.0. The van der Waals surface area contributed by atoms with Gasteiger partial charge >= 0.3 is 0 Å². The molecule has 1 aromatic rings. The van der Waals surface area contributed by atoms with Gasteiger partial charge in [0.15, 0.2) is 0 Å². The van der Waals surface area contributed by atoms with Crippen LogP contribution in [0.1, 0.15) is 44.3 Å². The Kier molecular flexibility index (Phi) is 5.27. The quantitative estimate of drug-likeness (QED) is 0.424. The van der Waals surface area contributed by atoms with E-state index in [9.17, 15) is 0 Å². The topological polar surface area (TPSA) is 29.5 Å². The van der Waals surface area contributed by atoms with Crippen molar-refractivity contribution < 1.29 is 10.1 Å². The molecule has 0 amide bonds. The first-order valence-electron chi connectivity index (χ1n) is 5.23. The van der Waals surface area contributed by atoms with Crippen LogP contribution in [-0.4, -0.2) is 5.26 Å². The predicted molar refractivity (Wildman–Crippen MR) is 57.0 cm³/mol. The first kappa shape index (κ1) is 11.2. The number of unbranched alkanes of at least 4 members (excludes halogenated alkanes) is 2. The van der Waals surface area contributed by atoms with E-state index in [-0.39, 0.29) is 6.10 Å². The van der Waals surface area contributed by atoms with Crippen molar-refractivity contribution in [3.8, 4) is 0 Å². The molecule has 0 aliphatic heterocycles. The summed E-state index contributed by atoms with van der Waals surface area (Å²) in [7, 11) is 0. The molecule has 1 rings (SSSR count). The molecule has 2 nitrogen and oxygen atoms in total. The summed E-state index contributed by atoms with van der Waals surface area (Å²) in [6.07, 6.45) is 4.19. The summed E-state index contributed by atoms with van der Waals surface area (Å²) in [4.78, 5) is 4.48. The van der Waals surface area contributed by atoms with Crippen LogP contribution in [0.4, 0.5) is 0 Å². The highest BCUT2D eigenvalue weighted by Crippen LogP contribution is 2.22. The molecule has 0 saturated carbocycles. The summed E-state index contributed by atoms with van der Waals surface area (Å²) in [5, 5.41) is 8.78. The van der Waals surface area contributed by atoms with E-state index in [1.54, 1.807) is 0 Å². The van der Waals surface area contributed by atoms with Crippen LogP contribution >= 0.6 is 0 Å². The van der Waals surface area contributed by atoms with Crippen LogP contribution in [-0.2, 0) is 4.89 Å². The highest BCUT2D eigenvalue weighted by Gasteiger charge is 2.10. The summed E-state index contributed by atoms with van der Waals surface area (Å²) in [5.74, 6) is 0. The molecule has 2 heteroatoms. The van der Waals surface area contributed by atoms with E-state index < -0.39 is 0 Å². The molecule has 0 aliphatic carbocycles. The highest BCUT2D eigenvalue weighted by molar-refractivity contribution is 5.17. The van der Waals surface area contributed by atoms with Crippen LogP contribution in [0.15, 0.2) is 30.3 Å². The Labute approximate surface area is 85.5 Å². The lowest BCUT2D eigenvalue weighted by Crippen LogP contribution is -2.01. The largest absolute Gasteiger partial charge is 0.251 e. The fourth-order valence-electron chi connectivity index (χ4n) is 1.53. The first-order valence-corrected chi connectivity index (χ1v) is 5.23. The third-order valence-electron chi connectivity index (χ3n) is 2.37. The van der Waals surface area contributed by atoms with Gasteiger partial charge in [0.05, 0.1) is 0 Å². The predicted octanol–water partition coefficient (Wildman–Crippen LogP) is 3.80. The first-order chi connectivity index (χ1) is 6.88. The van der Waals surface area contributed by atoms with Crippen molar-refractivity contribution in [2.24, 2.45) is 0 Å². The van der Waals surface area contributed by atoms with Gasteiger partial charge in [0.25, 0.3) is 0 Å². The molecule has 14 heavy (non-hydrogen) atoms. The van der Waals surface area contributed by atoms with Crippen molar-refractivity contribution in [3.05, 3.63) is 35.9 Å². The van der Waals surface area contributed by atoms with Gasteiger partial charge in [0.2, 0.25) is 0 Å². The molecular formula is C12H18O2. The third-order valence-corrected chi connectivity index (χ3v) is 2.37. The van der Waals surface area contributed by atoms with Gasteiger partial charge in [0, 0.05) is 0 Å². The second-order valence-corrected chi connectivity index (χ2v) is 3.50. The zero-order valence-electron chi connectivity index (χ0n) is 8.65. The molecular weight excluding hydrogens is 176 g/mol. The Hall–Kier alpha value is -0.860. The zero-order chi connectivity index (χ0) is 10.2. The Bertz CT molecular complexity index is 233. The monoisotopic (exact) mass is 194 g/mol. The smallest absolute Gasteiger partial charge is 0.118 e. The molecule has 1 N–H and O–H groups in total. The van der Waals surface area contributed by atoms with Crippen molar-refractivity contribution in [2.45, 2.75) is 38.7 Å². The molecule has 1 atom stereocenters. The van der Waals surface area contributed by atoms with E-state index in [0.29, 0.717) is 0 Å². The molecule has 0 fully saturated rings. The molecule has 0 bridgehead atoms. The van der Waals surface area contributed by atoms with Crippen molar-refractivity contribution in [3.63, 3.8) is 0 Å². The van der Waals surface area contributed by atoms with E-state index in [1.165, 1.54) is 12.8 Å². The SMILES string of the molecule is CCCCC[C@H](OO)c1ccccc1. The van der Waals surface area contributed by atoms with E-state index in [1.807, 2.05) is 30.3 Å². The maximum atomic E-state index is 8.78. The van der Waals surface area contributed by atoms with E-state index in [2.05, 4.69) is 11.8 Å². The number of hydrogen-bond donors (Lipinski definition) is 1. The fraction of sp³-hybridized carbons (Fsp3) is 0.500. The molecule has 0 aliphatic rings. The molecule has 0 unspecified atom stereocenters. The van der Waals surface area contributed by atoms with E-state index in [4.69, 9.17) is 5.26 Å². The average molecular weight is 194 g/mol. The van der Waals surface area contributed by atoms with Crippen LogP contribution in [0.5, 0.6) is 0 Å². The molecule has 0 saturated heterocycles. The van der Waals surface area contributed by atoms with Crippen LogP contribution in [0.3, 0.4) is 0 Å². The Morgan fingerprint density at radius 1 is 1.21 bits per heavy atom. The summed E-state index contributed by atoms with van der Waals surface area (Å²) >= 11 is 0. The summed E-state index contributed by atoms with van der Waals surface area (Å²) in [6, 6.07) is 9.84. The molecule has 0 heterocycles. The Balaban J connectivity index is 2.46. The average Bonchev–Trinajstić information content (AvgIpc) is 2.26. The normalized spacial score (nSPS) is 12.7. The molecule has 0 aromatic heterocycles. The number of benzene rings is 1. The van der Waals surface area contributed by atoms with Crippen LogP contribution in [0, 0.1) is 0 Å². The van der Waals surface area contributed by atoms with Crippen LogP contribution < -0.4 is 0 Å². The van der Waals surface area contributed by atoms with Crippen molar-refractivity contribution >= 4 is 0 Å². The van der Waals surface area contributed by atoms with Gasteiger partial charge in [-0.15, -0.1) is 0 Å². The van der Waals surface area contributed by atoms with E-state index in [0.717, 1.165) is 18.4 Å². The second kappa shape index (κ2) is 6.57. The Morgan fingerprint density at radius 2 is 1.93 bits per heavy atom. The molecule has 78 valence electrons. The van der Waals surface area contributed by atoms with Gasteiger partial charge < -0.3 is 0 Å². The summed E-state index contributed by atoms with van der Waals surface area (Å²) in [5.41, 5.74) is 1.05. The Morgan fingerprint density at radius 3 is 2.50 bits per heavy atom. The van der Waals surface area contributed by atoms with Crippen molar-refractivity contribution in [1.29, 1.82) is 0 Å². The van der Waals surface area contributed by atoms with Crippen LogP contribution in [0.2, 0.25) is 0 Å². The van der Waals surface area contributed by atoms with Crippen LogP contribution in [0.25, 0.3) is 0 Å². The van der Waals surface area contributed by atoms with Gasteiger partial charge in [-0.25, -0.2) is 4.89 Å². The zero-order valence-corrected chi connectivity index (χ0v) is 8.65. The second-order valence-electron chi connectivity index (χ2n) is 3.50. The lowest BCUT2D eigenvalue weighted by Gasteiger charge is -2.12. The maximum absolute atomic E-state index is 8.78. The minimum atomic E-state index is -0.164.